The molecule has 5 heteroatoms. The van der Waals surface area contributed by atoms with Crippen LogP contribution < -0.4 is 0 Å². The second-order valence-corrected chi connectivity index (χ2v) is 3.05. The van der Waals surface area contributed by atoms with Crippen LogP contribution in [0.15, 0.2) is 0 Å². The van der Waals surface area contributed by atoms with Crippen molar-refractivity contribution in [3.8, 4) is 0 Å². The third-order valence-corrected chi connectivity index (χ3v) is 2.45. The zero-order chi connectivity index (χ0) is 10.2. The van der Waals surface area contributed by atoms with Crippen molar-refractivity contribution < 1.29 is 13.6 Å². The first kappa shape index (κ1) is 10.2. The van der Waals surface area contributed by atoms with Gasteiger partial charge < -0.3 is 4.57 Å². The number of carbonyl (C=O) groups excluding carboxylic acids is 1. The number of rotatable bonds is 2. The SMILES string of the molecule is Cc1c(C(F)F)c(Cl)n(C)c1C=O. The molecule has 0 aromatic carbocycles. The zero-order valence-electron chi connectivity index (χ0n) is 7.14. The van der Waals surface area contributed by atoms with Crippen LogP contribution in [0.4, 0.5) is 8.78 Å². The van der Waals surface area contributed by atoms with Gasteiger partial charge in [0.25, 0.3) is 6.43 Å². The Kier molecular flexibility index (Phi) is 2.71. The van der Waals surface area contributed by atoms with Crippen LogP contribution in [0.2, 0.25) is 5.15 Å². The molecule has 1 aromatic heterocycles. The van der Waals surface area contributed by atoms with E-state index >= 15 is 0 Å². The third-order valence-electron chi connectivity index (χ3n) is 2.00. The van der Waals surface area contributed by atoms with Gasteiger partial charge in [-0.05, 0) is 12.5 Å². The highest BCUT2D eigenvalue weighted by atomic mass is 35.5. The molecule has 0 saturated heterocycles. The van der Waals surface area contributed by atoms with Crippen LogP contribution in [0, 0.1) is 6.92 Å². The van der Waals surface area contributed by atoms with Crippen LogP contribution in [-0.2, 0) is 7.05 Å². The maximum absolute atomic E-state index is 12.4. The van der Waals surface area contributed by atoms with E-state index in [9.17, 15) is 13.6 Å². The maximum Gasteiger partial charge on any atom is 0.267 e. The first-order valence-corrected chi connectivity index (χ1v) is 3.96. The lowest BCUT2D eigenvalue weighted by Gasteiger charge is -1.98. The smallest absolute Gasteiger partial charge is 0.267 e. The van der Waals surface area contributed by atoms with Gasteiger partial charge in [-0.1, -0.05) is 11.6 Å². The minimum Gasteiger partial charge on any atom is -0.332 e. The van der Waals surface area contributed by atoms with Crippen LogP contribution >= 0.6 is 11.6 Å². The molecule has 0 N–H and O–H groups in total. The average Bonchev–Trinajstić information content (AvgIpc) is 2.24. The van der Waals surface area contributed by atoms with Crippen LogP contribution in [0.1, 0.15) is 28.0 Å². The maximum atomic E-state index is 12.4. The molecule has 0 fully saturated rings. The van der Waals surface area contributed by atoms with Gasteiger partial charge >= 0.3 is 0 Å². The van der Waals surface area contributed by atoms with E-state index in [1.165, 1.54) is 18.5 Å². The molecule has 0 unspecified atom stereocenters. The molecule has 1 aromatic rings. The monoisotopic (exact) mass is 207 g/mol. The fourth-order valence-corrected chi connectivity index (χ4v) is 1.57. The molecule has 1 heterocycles. The molecule has 0 aliphatic heterocycles. The van der Waals surface area contributed by atoms with E-state index in [-0.39, 0.29) is 22.0 Å². The van der Waals surface area contributed by atoms with Gasteiger partial charge in [-0.25, -0.2) is 8.78 Å². The molecule has 1 rings (SSSR count). The minimum atomic E-state index is -2.65. The van der Waals surface area contributed by atoms with Crippen molar-refractivity contribution in [1.29, 1.82) is 0 Å². The fourth-order valence-electron chi connectivity index (χ4n) is 1.25. The molecular formula is C8H8ClF2NO. The highest BCUT2D eigenvalue weighted by Gasteiger charge is 2.22. The summed E-state index contributed by atoms with van der Waals surface area (Å²) < 4.78 is 26.1. The Bertz CT molecular complexity index is 346. The summed E-state index contributed by atoms with van der Waals surface area (Å²) in [4.78, 5) is 10.5. The molecule has 0 aliphatic rings. The topological polar surface area (TPSA) is 22.0 Å². The molecule has 2 nitrogen and oxygen atoms in total. The largest absolute Gasteiger partial charge is 0.332 e. The highest BCUT2D eigenvalue weighted by molar-refractivity contribution is 6.31. The lowest BCUT2D eigenvalue weighted by Crippen LogP contribution is -1.94. The van der Waals surface area contributed by atoms with Crippen LogP contribution in [-0.4, -0.2) is 10.9 Å². The van der Waals surface area contributed by atoms with Gasteiger partial charge in [0.15, 0.2) is 6.29 Å². The summed E-state index contributed by atoms with van der Waals surface area (Å²) >= 11 is 5.62. The Morgan fingerprint density at radius 2 is 2.08 bits per heavy atom. The van der Waals surface area contributed by atoms with E-state index < -0.39 is 6.43 Å². The van der Waals surface area contributed by atoms with E-state index in [0.717, 1.165) is 0 Å². The van der Waals surface area contributed by atoms with E-state index in [1.54, 1.807) is 0 Å². The van der Waals surface area contributed by atoms with Crippen LogP contribution in [0.3, 0.4) is 0 Å². The second kappa shape index (κ2) is 3.46. The normalized spacial score (nSPS) is 10.9. The Morgan fingerprint density at radius 3 is 2.31 bits per heavy atom. The van der Waals surface area contributed by atoms with E-state index in [0.29, 0.717) is 6.29 Å². The first-order chi connectivity index (χ1) is 6.00. The van der Waals surface area contributed by atoms with Gasteiger partial charge in [-0.2, -0.15) is 0 Å². The summed E-state index contributed by atoms with van der Waals surface area (Å²) in [6, 6.07) is 0. The number of aldehydes is 1. The molecule has 0 radical (unpaired) electrons. The van der Waals surface area contributed by atoms with Gasteiger partial charge in [-0.3, -0.25) is 4.79 Å². The van der Waals surface area contributed by atoms with Crippen LogP contribution in [0.25, 0.3) is 0 Å². The first-order valence-electron chi connectivity index (χ1n) is 3.58. The Balaban J connectivity index is 3.45. The van der Waals surface area contributed by atoms with Gasteiger partial charge in [0, 0.05) is 7.05 Å². The van der Waals surface area contributed by atoms with Crippen molar-refractivity contribution in [2.24, 2.45) is 7.05 Å². The van der Waals surface area contributed by atoms with Crippen molar-refractivity contribution in [2.45, 2.75) is 13.3 Å². The number of hydrogen-bond acceptors (Lipinski definition) is 1. The summed E-state index contributed by atoms with van der Waals surface area (Å²) in [6.07, 6.45) is -2.13. The summed E-state index contributed by atoms with van der Waals surface area (Å²) in [6.45, 7) is 1.46. The number of halogens is 3. The number of hydrogen-bond donors (Lipinski definition) is 0. The van der Waals surface area contributed by atoms with E-state index in [4.69, 9.17) is 11.6 Å². The standard InChI is InChI=1S/C8H8ClF2NO/c1-4-5(3-13)12(2)7(9)6(4)8(10)11/h3,8H,1-2H3. The number of nitrogens with zero attached hydrogens (tertiary/aromatic N) is 1. The van der Waals surface area contributed by atoms with E-state index in [2.05, 4.69) is 0 Å². The molecule has 0 aliphatic carbocycles. The summed E-state index contributed by atoms with van der Waals surface area (Å²) in [5.41, 5.74) is 0.184. The zero-order valence-corrected chi connectivity index (χ0v) is 7.90. The van der Waals surface area contributed by atoms with Crippen molar-refractivity contribution in [3.63, 3.8) is 0 Å². The lowest BCUT2D eigenvalue weighted by molar-refractivity contribution is 0.111. The predicted octanol–water partition coefficient (Wildman–Crippen LogP) is 2.74. The summed E-state index contributed by atoms with van der Waals surface area (Å²) in [7, 11) is 1.48. The van der Waals surface area contributed by atoms with Crippen LogP contribution in [0.5, 0.6) is 0 Å². The highest BCUT2D eigenvalue weighted by Crippen LogP contribution is 2.33. The van der Waals surface area contributed by atoms with Gasteiger partial charge in [-0.15, -0.1) is 0 Å². The molecular weight excluding hydrogens is 200 g/mol. The second-order valence-electron chi connectivity index (χ2n) is 2.69. The third kappa shape index (κ3) is 1.46. The fraction of sp³-hybridized carbons (Fsp3) is 0.375. The van der Waals surface area contributed by atoms with Gasteiger partial charge in [0.1, 0.15) is 5.15 Å². The van der Waals surface area contributed by atoms with Crippen molar-refractivity contribution >= 4 is 17.9 Å². The number of carbonyl (C=O) groups is 1. The molecule has 72 valence electrons. The molecule has 0 bridgehead atoms. The molecule has 0 spiro atoms. The minimum absolute atomic E-state index is 0.0744. The van der Waals surface area contributed by atoms with E-state index in [1.807, 2.05) is 0 Å². The van der Waals surface area contributed by atoms with Crippen molar-refractivity contribution in [3.05, 3.63) is 22.0 Å². The van der Waals surface area contributed by atoms with Gasteiger partial charge in [0.05, 0.1) is 11.3 Å². The molecule has 13 heavy (non-hydrogen) atoms. The molecule has 0 amide bonds. The average molecular weight is 208 g/mol. The summed E-state index contributed by atoms with van der Waals surface area (Å²) in [5.74, 6) is 0. The van der Waals surface area contributed by atoms with Crippen molar-refractivity contribution in [1.82, 2.24) is 4.57 Å². The molecule has 0 atom stereocenters. The quantitative estimate of drug-likeness (QED) is 0.684. The summed E-state index contributed by atoms with van der Waals surface area (Å²) in [5, 5.41) is -0.0744. The molecule has 0 saturated carbocycles. The Morgan fingerprint density at radius 1 is 1.54 bits per heavy atom. The predicted molar refractivity (Wildman–Crippen MR) is 45.5 cm³/mol. The van der Waals surface area contributed by atoms with Gasteiger partial charge in [0.2, 0.25) is 0 Å². The van der Waals surface area contributed by atoms with Crippen molar-refractivity contribution in [2.75, 3.05) is 0 Å². The lowest BCUT2D eigenvalue weighted by atomic mass is 10.2. The Labute approximate surface area is 79.1 Å². The number of alkyl halides is 2. The Hall–Kier alpha value is -0.900. The number of aromatic nitrogens is 1.